The summed E-state index contributed by atoms with van der Waals surface area (Å²) in [5.74, 6) is 1.02. The zero-order chi connectivity index (χ0) is 15.1. The van der Waals surface area contributed by atoms with Crippen LogP contribution in [0.3, 0.4) is 0 Å². The molecule has 1 saturated heterocycles. The maximum absolute atomic E-state index is 5.56. The van der Waals surface area contributed by atoms with Crippen LogP contribution < -0.4 is 10.1 Å². The normalized spacial score (nSPS) is 19.1. The molecule has 1 aliphatic rings. The van der Waals surface area contributed by atoms with E-state index in [4.69, 9.17) is 4.74 Å². The molecule has 0 saturated carbocycles. The molecule has 0 aliphatic carbocycles. The Morgan fingerprint density at radius 2 is 2.19 bits per heavy atom. The lowest BCUT2D eigenvalue weighted by Crippen LogP contribution is -2.28. The van der Waals surface area contributed by atoms with Crippen LogP contribution in [0, 0.1) is 0 Å². The third-order valence-electron chi connectivity index (χ3n) is 4.44. The van der Waals surface area contributed by atoms with Crippen LogP contribution in [0.1, 0.15) is 50.7 Å². The third-order valence-corrected chi connectivity index (χ3v) is 4.44. The highest BCUT2D eigenvalue weighted by atomic mass is 16.5. The molecule has 1 atom stereocenters. The fourth-order valence-corrected chi connectivity index (χ4v) is 3.26. The van der Waals surface area contributed by atoms with E-state index < -0.39 is 0 Å². The Morgan fingerprint density at radius 3 is 2.90 bits per heavy atom. The largest absolute Gasteiger partial charge is 0.496 e. The zero-order valence-corrected chi connectivity index (χ0v) is 13.8. The van der Waals surface area contributed by atoms with Crippen molar-refractivity contribution in [3.63, 3.8) is 0 Å². The van der Waals surface area contributed by atoms with Crippen LogP contribution in [0.15, 0.2) is 18.2 Å². The molecular formula is C18H30N2O. The molecule has 21 heavy (non-hydrogen) atoms. The van der Waals surface area contributed by atoms with E-state index in [1.165, 1.54) is 43.4 Å². The van der Waals surface area contributed by atoms with E-state index in [1.807, 2.05) is 0 Å². The van der Waals surface area contributed by atoms with E-state index in [9.17, 15) is 0 Å². The van der Waals surface area contributed by atoms with Crippen molar-refractivity contribution in [3.05, 3.63) is 29.3 Å². The highest BCUT2D eigenvalue weighted by Crippen LogP contribution is 2.27. The second-order valence-corrected chi connectivity index (χ2v) is 6.00. The minimum absolute atomic E-state index is 0.747. The highest BCUT2D eigenvalue weighted by Gasteiger charge is 2.23. The molecule has 118 valence electrons. The minimum Gasteiger partial charge on any atom is -0.496 e. The smallest absolute Gasteiger partial charge is 0.123 e. The molecule has 1 aromatic rings. The molecule has 0 aromatic heterocycles. The first kappa shape index (κ1) is 16.3. The van der Waals surface area contributed by atoms with Crippen molar-refractivity contribution >= 4 is 0 Å². The Bertz CT molecular complexity index is 433. The van der Waals surface area contributed by atoms with Crippen molar-refractivity contribution in [3.8, 4) is 5.75 Å². The summed E-state index contributed by atoms with van der Waals surface area (Å²) in [6.07, 6.45) is 5.10. The van der Waals surface area contributed by atoms with Gasteiger partial charge in [-0.1, -0.05) is 19.9 Å². The molecule has 1 aliphatic heterocycles. The molecule has 0 amide bonds. The predicted octanol–water partition coefficient (Wildman–Crippen LogP) is 3.57. The van der Waals surface area contributed by atoms with E-state index in [1.54, 1.807) is 7.11 Å². The van der Waals surface area contributed by atoms with Gasteiger partial charge in [-0.25, -0.2) is 0 Å². The number of methoxy groups -OCH3 is 1. The van der Waals surface area contributed by atoms with Gasteiger partial charge in [-0.05, 0) is 56.5 Å². The zero-order valence-electron chi connectivity index (χ0n) is 13.8. The molecule has 0 spiro atoms. The van der Waals surface area contributed by atoms with E-state index in [0.29, 0.717) is 0 Å². The fraction of sp³-hybridized carbons (Fsp3) is 0.667. The van der Waals surface area contributed by atoms with E-state index in [-0.39, 0.29) is 0 Å². The summed E-state index contributed by atoms with van der Waals surface area (Å²) < 4.78 is 5.56. The molecule has 1 fully saturated rings. The monoisotopic (exact) mass is 290 g/mol. The summed E-state index contributed by atoms with van der Waals surface area (Å²) >= 11 is 0. The summed E-state index contributed by atoms with van der Waals surface area (Å²) in [5, 5.41) is 3.48. The van der Waals surface area contributed by atoms with Crippen molar-refractivity contribution < 1.29 is 4.74 Å². The SMILES string of the molecule is CCCNCc1ccc(OC)c(CN2CCCC2CC)c1. The Kier molecular flexibility index (Phi) is 6.52. The van der Waals surface area contributed by atoms with Gasteiger partial charge in [-0.15, -0.1) is 0 Å². The number of nitrogens with one attached hydrogen (secondary N) is 1. The molecule has 0 radical (unpaired) electrons. The number of nitrogens with zero attached hydrogens (tertiary/aromatic N) is 1. The van der Waals surface area contributed by atoms with Gasteiger partial charge >= 0.3 is 0 Å². The van der Waals surface area contributed by atoms with Gasteiger partial charge in [-0.2, -0.15) is 0 Å². The van der Waals surface area contributed by atoms with Gasteiger partial charge < -0.3 is 10.1 Å². The van der Waals surface area contributed by atoms with Gasteiger partial charge in [0.15, 0.2) is 0 Å². The van der Waals surface area contributed by atoms with Crippen LogP contribution >= 0.6 is 0 Å². The Hall–Kier alpha value is -1.06. The standard InChI is InChI=1S/C18H30N2O/c1-4-10-19-13-15-8-9-18(21-3)16(12-15)14-20-11-6-7-17(20)5-2/h8-9,12,17,19H,4-7,10-11,13-14H2,1-3H3. The number of hydrogen-bond donors (Lipinski definition) is 1. The van der Waals surface area contributed by atoms with Crippen molar-refractivity contribution in [2.75, 3.05) is 20.2 Å². The number of ether oxygens (including phenoxy) is 1. The van der Waals surface area contributed by atoms with Gasteiger partial charge in [0, 0.05) is 24.7 Å². The number of benzene rings is 1. The van der Waals surface area contributed by atoms with Crippen molar-refractivity contribution in [1.82, 2.24) is 10.2 Å². The van der Waals surface area contributed by atoms with Crippen molar-refractivity contribution in [2.24, 2.45) is 0 Å². The summed E-state index contributed by atoms with van der Waals surface area (Å²) in [7, 11) is 1.77. The first-order valence-corrected chi connectivity index (χ1v) is 8.39. The summed E-state index contributed by atoms with van der Waals surface area (Å²) in [6, 6.07) is 7.35. The Morgan fingerprint density at radius 1 is 1.33 bits per heavy atom. The van der Waals surface area contributed by atoms with Crippen molar-refractivity contribution in [1.29, 1.82) is 0 Å². The Balaban J connectivity index is 2.06. The predicted molar refractivity (Wildman–Crippen MR) is 88.7 cm³/mol. The van der Waals surface area contributed by atoms with E-state index >= 15 is 0 Å². The second-order valence-electron chi connectivity index (χ2n) is 6.00. The van der Waals surface area contributed by atoms with Crippen LogP contribution in [0.25, 0.3) is 0 Å². The first-order valence-electron chi connectivity index (χ1n) is 8.39. The lowest BCUT2D eigenvalue weighted by atomic mass is 10.1. The maximum atomic E-state index is 5.56. The fourth-order valence-electron chi connectivity index (χ4n) is 3.26. The topological polar surface area (TPSA) is 24.5 Å². The molecule has 3 heteroatoms. The van der Waals surface area contributed by atoms with Gasteiger partial charge in [0.25, 0.3) is 0 Å². The molecule has 2 rings (SSSR count). The minimum atomic E-state index is 0.747. The van der Waals surface area contributed by atoms with Crippen LogP contribution in [0.2, 0.25) is 0 Å². The highest BCUT2D eigenvalue weighted by molar-refractivity contribution is 5.37. The number of likely N-dealkylation sites (tertiary alicyclic amines) is 1. The van der Waals surface area contributed by atoms with E-state index in [0.717, 1.165) is 31.4 Å². The van der Waals surface area contributed by atoms with Crippen LogP contribution in [-0.4, -0.2) is 31.1 Å². The number of rotatable bonds is 8. The van der Waals surface area contributed by atoms with E-state index in [2.05, 4.69) is 42.3 Å². The van der Waals surface area contributed by atoms with Gasteiger partial charge in [-0.3, -0.25) is 4.90 Å². The molecule has 3 nitrogen and oxygen atoms in total. The van der Waals surface area contributed by atoms with Crippen molar-refractivity contribution in [2.45, 2.75) is 58.7 Å². The quantitative estimate of drug-likeness (QED) is 0.741. The summed E-state index contributed by atoms with van der Waals surface area (Å²) in [6.45, 7) is 8.76. The van der Waals surface area contributed by atoms with Crippen LogP contribution in [0.4, 0.5) is 0 Å². The average molecular weight is 290 g/mol. The molecule has 1 heterocycles. The van der Waals surface area contributed by atoms with Gasteiger partial charge in [0.05, 0.1) is 7.11 Å². The molecule has 1 unspecified atom stereocenters. The molecule has 1 N–H and O–H groups in total. The maximum Gasteiger partial charge on any atom is 0.123 e. The molecule has 0 bridgehead atoms. The van der Waals surface area contributed by atoms with Crippen LogP contribution in [0.5, 0.6) is 5.75 Å². The molecule has 1 aromatic carbocycles. The molecular weight excluding hydrogens is 260 g/mol. The third kappa shape index (κ3) is 4.45. The summed E-state index contributed by atoms with van der Waals surface area (Å²) in [5.41, 5.74) is 2.68. The number of hydrogen-bond acceptors (Lipinski definition) is 3. The average Bonchev–Trinajstić information content (AvgIpc) is 2.95. The summed E-state index contributed by atoms with van der Waals surface area (Å²) in [4.78, 5) is 2.61. The second kappa shape index (κ2) is 8.40. The Labute approximate surface area is 129 Å². The lowest BCUT2D eigenvalue weighted by molar-refractivity contribution is 0.236. The first-order chi connectivity index (χ1) is 10.3. The van der Waals surface area contributed by atoms with Gasteiger partial charge in [0.1, 0.15) is 5.75 Å². The lowest BCUT2D eigenvalue weighted by Gasteiger charge is -2.24. The van der Waals surface area contributed by atoms with Crippen LogP contribution in [-0.2, 0) is 13.1 Å². The van der Waals surface area contributed by atoms with Gasteiger partial charge in [0.2, 0.25) is 0 Å².